The van der Waals surface area contributed by atoms with Gasteiger partial charge in [-0.2, -0.15) is 0 Å². The molecular weight excluding hydrogens is 309 g/mol. The number of hydrogen-bond acceptors (Lipinski definition) is 2. The first-order chi connectivity index (χ1) is 11.6. The lowest BCUT2D eigenvalue weighted by molar-refractivity contribution is -0.136. The van der Waals surface area contributed by atoms with Crippen molar-refractivity contribution in [3.63, 3.8) is 0 Å². The zero-order valence-electron chi connectivity index (χ0n) is 13.3. The molecule has 0 unspecified atom stereocenters. The molecule has 0 aliphatic rings. The van der Waals surface area contributed by atoms with E-state index in [0.717, 1.165) is 5.56 Å². The Labute approximate surface area is 139 Å². The number of hydrogen-bond donors (Lipinski definition) is 1. The summed E-state index contributed by atoms with van der Waals surface area (Å²) in [7, 11) is 0. The first-order valence-electron chi connectivity index (χ1n) is 7.78. The molecule has 0 aliphatic heterocycles. The van der Waals surface area contributed by atoms with Crippen LogP contribution < -0.4 is 4.74 Å². The highest BCUT2D eigenvalue weighted by molar-refractivity contribution is 5.92. The highest BCUT2D eigenvalue weighted by Crippen LogP contribution is 2.33. The molecule has 2 aromatic carbocycles. The van der Waals surface area contributed by atoms with Gasteiger partial charge >= 0.3 is 5.97 Å². The molecule has 3 aromatic rings. The van der Waals surface area contributed by atoms with E-state index in [2.05, 4.69) is 0 Å². The number of halogens is 1. The molecule has 4 nitrogen and oxygen atoms in total. The molecule has 1 N–H and O–H groups in total. The van der Waals surface area contributed by atoms with Crippen molar-refractivity contribution >= 4 is 16.9 Å². The van der Waals surface area contributed by atoms with Crippen LogP contribution >= 0.6 is 0 Å². The number of aryl methyl sites for hydroxylation is 1. The Bertz CT molecular complexity index is 871. The van der Waals surface area contributed by atoms with Crippen LogP contribution in [0.5, 0.6) is 5.75 Å². The Morgan fingerprint density at radius 3 is 2.67 bits per heavy atom. The second kappa shape index (κ2) is 6.74. The van der Waals surface area contributed by atoms with Crippen molar-refractivity contribution in [2.45, 2.75) is 26.5 Å². The molecule has 0 fully saturated rings. The Balaban J connectivity index is 2.04. The quantitative estimate of drug-likeness (QED) is 0.744. The van der Waals surface area contributed by atoms with Crippen LogP contribution in [0.15, 0.2) is 48.7 Å². The number of carboxylic acids is 1. The van der Waals surface area contributed by atoms with Gasteiger partial charge in [0.1, 0.15) is 18.2 Å². The van der Waals surface area contributed by atoms with Gasteiger partial charge in [0.2, 0.25) is 0 Å². The molecule has 0 saturated carbocycles. The number of ether oxygens (including phenoxy) is 1. The van der Waals surface area contributed by atoms with Crippen molar-refractivity contribution in [2.24, 2.45) is 0 Å². The molecule has 3 rings (SSSR count). The minimum atomic E-state index is -0.927. The SMILES string of the molecule is CCn1cc(CC(=O)O)c2c(OCc3ccccc3)cc(F)cc21. The van der Waals surface area contributed by atoms with E-state index >= 15 is 0 Å². The largest absolute Gasteiger partial charge is 0.488 e. The highest BCUT2D eigenvalue weighted by Gasteiger charge is 2.17. The summed E-state index contributed by atoms with van der Waals surface area (Å²) in [6.07, 6.45) is 1.63. The van der Waals surface area contributed by atoms with Crippen LogP contribution in [-0.4, -0.2) is 15.6 Å². The third kappa shape index (κ3) is 3.25. The van der Waals surface area contributed by atoms with E-state index < -0.39 is 11.8 Å². The molecule has 1 aromatic heterocycles. The summed E-state index contributed by atoms with van der Waals surface area (Å²) in [4.78, 5) is 11.1. The number of fused-ring (bicyclic) bond motifs is 1. The van der Waals surface area contributed by atoms with Crippen LogP contribution in [0.1, 0.15) is 18.1 Å². The predicted molar refractivity (Wildman–Crippen MR) is 89.7 cm³/mol. The van der Waals surface area contributed by atoms with Gasteiger partial charge in [-0.15, -0.1) is 0 Å². The van der Waals surface area contributed by atoms with Gasteiger partial charge < -0.3 is 14.4 Å². The molecule has 0 atom stereocenters. The van der Waals surface area contributed by atoms with E-state index in [1.54, 1.807) is 6.20 Å². The van der Waals surface area contributed by atoms with E-state index in [4.69, 9.17) is 9.84 Å². The number of aromatic nitrogens is 1. The molecule has 24 heavy (non-hydrogen) atoms. The maximum Gasteiger partial charge on any atom is 0.307 e. The van der Waals surface area contributed by atoms with Crippen LogP contribution in [-0.2, 0) is 24.4 Å². The lowest BCUT2D eigenvalue weighted by atomic mass is 10.1. The van der Waals surface area contributed by atoms with Crippen molar-refractivity contribution in [1.29, 1.82) is 0 Å². The van der Waals surface area contributed by atoms with E-state index in [1.165, 1.54) is 12.1 Å². The monoisotopic (exact) mass is 327 g/mol. The number of nitrogens with zero attached hydrogens (tertiary/aromatic N) is 1. The predicted octanol–water partition coefficient (Wildman–Crippen LogP) is 4.01. The summed E-state index contributed by atoms with van der Waals surface area (Å²) in [6, 6.07) is 12.3. The smallest absolute Gasteiger partial charge is 0.307 e. The summed E-state index contributed by atoms with van der Waals surface area (Å²) in [6.45, 7) is 2.85. The second-order valence-corrected chi connectivity index (χ2v) is 5.58. The molecule has 5 heteroatoms. The summed E-state index contributed by atoms with van der Waals surface area (Å²) >= 11 is 0. The van der Waals surface area contributed by atoms with Crippen molar-refractivity contribution in [3.8, 4) is 5.75 Å². The molecule has 0 aliphatic carbocycles. The van der Waals surface area contributed by atoms with E-state index in [-0.39, 0.29) is 6.42 Å². The molecule has 0 spiro atoms. The zero-order valence-corrected chi connectivity index (χ0v) is 13.3. The molecular formula is C19H18FNO3. The van der Waals surface area contributed by atoms with Crippen molar-refractivity contribution in [3.05, 3.63) is 65.6 Å². The minimum Gasteiger partial charge on any atom is -0.488 e. The Hall–Kier alpha value is -2.82. The maximum absolute atomic E-state index is 14.0. The fourth-order valence-corrected chi connectivity index (χ4v) is 2.85. The maximum atomic E-state index is 14.0. The molecule has 0 saturated heterocycles. The number of rotatable bonds is 6. The third-order valence-corrected chi connectivity index (χ3v) is 3.91. The van der Waals surface area contributed by atoms with Gasteiger partial charge in [-0.3, -0.25) is 4.79 Å². The first kappa shape index (κ1) is 16.1. The zero-order chi connectivity index (χ0) is 17.1. The highest BCUT2D eigenvalue weighted by atomic mass is 19.1. The fraction of sp³-hybridized carbons (Fsp3) is 0.211. The summed E-state index contributed by atoms with van der Waals surface area (Å²) in [5, 5.41) is 9.80. The number of benzene rings is 2. The van der Waals surface area contributed by atoms with Crippen LogP contribution in [0.4, 0.5) is 4.39 Å². The third-order valence-electron chi connectivity index (χ3n) is 3.91. The van der Waals surface area contributed by atoms with Gasteiger partial charge in [-0.05, 0) is 24.1 Å². The molecule has 0 bridgehead atoms. The van der Waals surface area contributed by atoms with Gasteiger partial charge in [0, 0.05) is 24.2 Å². The fourth-order valence-electron chi connectivity index (χ4n) is 2.85. The van der Waals surface area contributed by atoms with Gasteiger partial charge in [-0.1, -0.05) is 30.3 Å². The van der Waals surface area contributed by atoms with Crippen LogP contribution in [0, 0.1) is 5.82 Å². The molecule has 124 valence electrons. The summed E-state index contributed by atoms with van der Waals surface area (Å²) in [5.74, 6) is -0.957. The Morgan fingerprint density at radius 1 is 1.25 bits per heavy atom. The van der Waals surface area contributed by atoms with Gasteiger partial charge in [-0.25, -0.2) is 4.39 Å². The average Bonchev–Trinajstić information content (AvgIpc) is 2.90. The average molecular weight is 327 g/mol. The second-order valence-electron chi connectivity index (χ2n) is 5.58. The van der Waals surface area contributed by atoms with Crippen molar-refractivity contribution in [1.82, 2.24) is 4.57 Å². The van der Waals surface area contributed by atoms with E-state index in [9.17, 15) is 9.18 Å². The standard InChI is InChI=1S/C19H18FNO3/c1-2-21-11-14(8-18(22)23)19-16(21)9-15(20)10-17(19)24-12-13-6-4-3-5-7-13/h3-7,9-11H,2,8,12H2,1H3,(H,22,23). The lowest BCUT2D eigenvalue weighted by Crippen LogP contribution is -2.01. The van der Waals surface area contributed by atoms with Crippen LogP contribution in [0.25, 0.3) is 10.9 Å². The molecule has 1 heterocycles. The topological polar surface area (TPSA) is 51.5 Å². The molecule has 0 amide bonds. The summed E-state index contributed by atoms with van der Waals surface area (Å²) in [5.41, 5.74) is 2.24. The van der Waals surface area contributed by atoms with Gasteiger partial charge in [0.05, 0.1) is 11.9 Å². The lowest BCUT2D eigenvalue weighted by Gasteiger charge is -2.10. The van der Waals surface area contributed by atoms with E-state index in [1.807, 2.05) is 41.8 Å². The first-order valence-corrected chi connectivity index (χ1v) is 7.78. The number of carboxylic acid groups (broad SMARTS) is 1. The number of aliphatic carboxylic acids is 1. The van der Waals surface area contributed by atoms with Crippen LogP contribution in [0.2, 0.25) is 0 Å². The van der Waals surface area contributed by atoms with Crippen molar-refractivity contribution in [2.75, 3.05) is 0 Å². The normalized spacial score (nSPS) is 10.9. The van der Waals surface area contributed by atoms with Gasteiger partial charge in [0.15, 0.2) is 0 Å². The molecule has 0 radical (unpaired) electrons. The Kier molecular flexibility index (Phi) is 4.51. The minimum absolute atomic E-state index is 0.128. The van der Waals surface area contributed by atoms with Gasteiger partial charge in [0.25, 0.3) is 0 Å². The van der Waals surface area contributed by atoms with E-state index in [0.29, 0.717) is 35.4 Å². The van der Waals surface area contributed by atoms with Crippen molar-refractivity contribution < 1.29 is 19.0 Å². The van der Waals surface area contributed by atoms with Crippen LogP contribution in [0.3, 0.4) is 0 Å². The summed E-state index contributed by atoms with van der Waals surface area (Å²) < 4.78 is 21.7. The Morgan fingerprint density at radius 2 is 2.00 bits per heavy atom. The number of carbonyl (C=O) groups is 1.